The quantitative estimate of drug-likeness (QED) is 0.349. The number of aliphatic hydroxyl groups is 1. The SMILES string of the molecule is COc1cc(C(=O)NCC(=O)NN=C(C)c2csc3ccccc23)ccc1OCCO. The number of rotatable bonds is 9. The number of hydrogen-bond acceptors (Lipinski definition) is 7. The Balaban J connectivity index is 1.56. The van der Waals surface area contributed by atoms with Crippen LogP contribution in [-0.4, -0.2) is 49.5 Å². The second-order valence-electron chi connectivity index (χ2n) is 6.50. The van der Waals surface area contributed by atoms with E-state index < -0.39 is 11.8 Å². The Labute approximate surface area is 183 Å². The Morgan fingerprint density at radius 3 is 2.74 bits per heavy atom. The highest BCUT2D eigenvalue weighted by Gasteiger charge is 2.13. The summed E-state index contributed by atoms with van der Waals surface area (Å²) >= 11 is 1.61. The summed E-state index contributed by atoms with van der Waals surface area (Å²) in [5.74, 6) is -0.112. The Morgan fingerprint density at radius 2 is 1.97 bits per heavy atom. The first kappa shape index (κ1) is 22.3. The minimum atomic E-state index is -0.443. The number of methoxy groups -OCH3 is 1. The second kappa shape index (κ2) is 10.6. The van der Waals surface area contributed by atoms with Crippen LogP contribution in [-0.2, 0) is 4.79 Å². The molecule has 0 aliphatic carbocycles. The first-order chi connectivity index (χ1) is 15.0. The molecule has 3 rings (SSSR count). The lowest BCUT2D eigenvalue weighted by Gasteiger charge is -2.11. The highest BCUT2D eigenvalue weighted by molar-refractivity contribution is 7.17. The van der Waals surface area contributed by atoms with Gasteiger partial charge in [0.2, 0.25) is 0 Å². The molecule has 8 nitrogen and oxygen atoms in total. The molecule has 3 aromatic rings. The van der Waals surface area contributed by atoms with Gasteiger partial charge in [0.1, 0.15) is 6.61 Å². The number of amides is 2. The van der Waals surface area contributed by atoms with E-state index in [1.807, 2.05) is 36.6 Å². The maximum atomic E-state index is 12.4. The molecule has 0 saturated heterocycles. The second-order valence-corrected chi connectivity index (χ2v) is 7.41. The third-order valence-electron chi connectivity index (χ3n) is 4.40. The summed E-state index contributed by atoms with van der Waals surface area (Å²) in [6.45, 7) is 1.57. The van der Waals surface area contributed by atoms with Crippen molar-refractivity contribution in [2.75, 3.05) is 26.9 Å². The summed E-state index contributed by atoms with van der Waals surface area (Å²) in [6.07, 6.45) is 0. The number of carbonyl (C=O) groups is 2. The van der Waals surface area contributed by atoms with Crippen LogP contribution in [0.2, 0.25) is 0 Å². The van der Waals surface area contributed by atoms with Crippen LogP contribution in [0.3, 0.4) is 0 Å². The minimum absolute atomic E-state index is 0.114. The van der Waals surface area contributed by atoms with Crippen LogP contribution in [0.5, 0.6) is 11.5 Å². The molecule has 0 unspecified atom stereocenters. The molecule has 1 aromatic heterocycles. The molecule has 9 heteroatoms. The van der Waals surface area contributed by atoms with Crippen molar-refractivity contribution in [1.82, 2.24) is 10.7 Å². The average Bonchev–Trinajstić information content (AvgIpc) is 3.23. The monoisotopic (exact) mass is 441 g/mol. The lowest BCUT2D eigenvalue weighted by molar-refractivity contribution is -0.120. The molecule has 3 N–H and O–H groups in total. The first-order valence-corrected chi connectivity index (χ1v) is 10.4. The number of thiophene rings is 1. The third kappa shape index (κ3) is 5.59. The number of benzene rings is 2. The molecule has 0 bridgehead atoms. The van der Waals surface area contributed by atoms with E-state index in [1.54, 1.807) is 23.5 Å². The standard InChI is InChI=1S/C22H23N3O5S/c1-14(17-13-31-20-6-4-3-5-16(17)20)24-25-21(27)12-23-22(28)15-7-8-18(30-10-9-26)19(11-15)29-2/h3-8,11,13,26H,9-10,12H2,1-2H3,(H,23,28)(H,25,27). The van der Waals surface area contributed by atoms with Crippen LogP contribution in [0.25, 0.3) is 10.1 Å². The molecule has 0 spiro atoms. The summed E-state index contributed by atoms with van der Waals surface area (Å²) < 4.78 is 11.7. The zero-order valence-corrected chi connectivity index (χ0v) is 18.0. The van der Waals surface area contributed by atoms with Gasteiger partial charge in [-0.25, -0.2) is 5.43 Å². The summed E-state index contributed by atoms with van der Waals surface area (Å²) in [5.41, 5.74) is 4.42. The van der Waals surface area contributed by atoms with Gasteiger partial charge in [-0.05, 0) is 31.2 Å². The van der Waals surface area contributed by atoms with Crippen molar-refractivity contribution in [3.05, 3.63) is 59.0 Å². The van der Waals surface area contributed by atoms with E-state index in [-0.39, 0.29) is 19.8 Å². The Kier molecular flexibility index (Phi) is 7.58. The third-order valence-corrected chi connectivity index (χ3v) is 5.37. The smallest absolute Gasteiger partial charge is 0.259 e. The lowest BCUT2D eigenvalue weighted by atomic mass is 10.1. The first-order valence-electron chi connectivity index (χ1n) is 9.53. The zero-order chi connectivity index (χ0) is 22.2. The van der Waals surface area contributed by atoms with Crippen LogP contribution >= 0.6 is 11.3 Å². The van der Waals surface area contributed by atoms with Crippen molar-refractivity contribution in [2.24, 2.45) is 5.10 Å². The number of hydrazone groups is 1. The fourth-order valence-corrected chi connectivity index (χ4v) is 3.85. The predicted octanol–water partition coefficient (Wildman–Crippen LogP) is 2.55. The Morgan fingerprint density at radius 1 is 1.16 bits per heavy atom. The van der Waals surface area contributed by atoms with Gasteiger partial charge >= 0.3 is 0 Å². The van der Waals surface area contributed by atoms with Crippen LogP contribution in [0.15, 0.2) is 52.9 Å². The van der Waals surface area contributed by atoms with E-state index in [4.69, 9.17) is 14.6 Å². The number of carbonyl (C=O) groups excluding carboxylic acids is 2. The highest BCUT2D eigenvalue weighted by atomic mass is 32.1. The molecule has 1 heterocycles. The number of aliphatic hydroxyl groups excluding tert-OH is 1. The van der Waals surface area contributed by atoms with Gasteiger partial charge in [0.15, 0.2) is 11.5 Å². The maximum Gasteiger partial charge on any atom is 0.259 e. The number of nitrogens with one attached hydrogen (secondary N) is 2. The summed E-state index contributed by atoms with van der Waals surface area (Å²) in [7, 11) is 1.45. The predicted molar refractivity (Wildman–Crippen MR) is 120 cm³/mol. The summed E-state index contributed by atoms with van der Waals surface area (Å²) in [6, 6.07) is 12.6. The minimum Gasteiger partial charge on any atom is -0.493 e. The van der Waals surface area contributed by atoms with Crippen LogP contribution in [0.1, 0.15) is 22.8 Å². The molecule has 31 heavy (non-hydrogen) atoms. The van der Waals surface area contributed by atoms with E-state index in [2.05, 4.69) is 15.8 Å². The molecular weight excluding hydrogens is 418 g/mol. The van der Waals surface area contributed by atoms with Crippen LogP contribution in [0.4, 0.5) is 0 Å². The Hall–Kier alpha value is -3.43. The van der Waals surface area contributed by atoms with Gasteiger partial charge in [-0.3, -0.25) is 9.59 Å². The molecule has 162 valence electrons. The number of ether oxygens (including phenoxy) is 2. The van der Waals surface area contributed by atoms with Gasteiger partial charge in [0.25, 0.3) is 11.8 Å². The lowest BCUT2D eigenvalue weighted by Crippen LogP contribution is -2.35. The summed E-state index contributed by atoms with van der Waals surface area (Å²) in [4.78, 5) is 24.5. The van der Waals surface area contributed by atoms with Gasteiger partial charge in [-0.2, -0.15) is 5.10 Å². The summed E-state index contributed by atoms with van der Waals surface area (Å²) in [5, 5.41) is 18.6. The molecule has 2 amide bonds. The van der Waals surface area contributed by atoms with Gasteiger partial charge in [0.05, 0.1) is 26.0 Å². The molecule has 0 aliphatic rings. The van der Waals surface area contributed by atoms with Gasteiger partial charge in [-0.1, -0.05) is 18.2 Å². The van der Waals surface area contributed by atoms with Gasteiger partial charge < -0.3 is 19.9 Å². The van der Waals surface area contributed by atoms with Gasteiger partial charge in [-0.15, -0.1) is 11.3 Å². The van der Waals surface area contributed by atoms with Crippen molar-refractivity contribution in [3.8, 4) is 11.5 Å². The van der Waals surface area contributed by atoms with Crippen molar-refractivity contribution in [1.29, 1.82) is 0 Å². The Bertz CT molecular complexity index is 1110. The van der Waals surface area contributed by atoms with E-state index >= 15 is 0 Å². The van der Waals surface area contributed by atoms with E-state index in [0.29, 0.717) is 22.8 Å². The van der Waals surface area contributed by atoms with Crippen molar-refractivity contribution in [3.63, 3.8) is 0 Å². The van der Waals surface area contributed by atoms with E-state index in [9.17, 15) is 9.59 Å². The molecule has 0 fully saturated rings. The number of nitrogens with zero attached hydrogens (tertiary/aromatic N) is 1. The topological polar surface area (TPSA) is 109 Å². The van der Waals surface area contributed by atoms with E-state index in [0.717, 1.165) is 15.6 Å². The average molecular weight is 442 g/mol. The molecule has 0 radical (unpaired) electrons. The number of hydrogen-bond donors (Lipinski definition) is 3. The molecule has 0 aliphatic heterocycles. The fourth-order valence-electron chi connectivity index (χ4n) is 2.85. The number of fused-ring (bicyclic) bond motifs is 1. The van der Waals surface area contributed by atoms with Crippen molar-refractivity contribution in [2.45, 2.75) is 6.92 Å². The molecule has 0 atom stereocenters. The van der Waals surface area contributed by atoms with Crippen LogP contribution < -0.4 is 20.2 Å². The van der Waals surface area contributed by atoms with Gasteiger partial charge in [0, 0.05) is 26.6 Å². The molecule has 0 saturated carbocycles. The highest BCUT2D eigenvalue weighted by Crippen LogP contribution is 2.28. The van der Waals surface area contributed by atoms with Crippen LogP contribution in [0, 0.1) is 0 Å². The molecule has 2 aromatic carbocycles. The van der Waals surface area contributed by atoms with Crippen molar-refractivity contribution < 1.29 is 24.2 Å². The largest absolute Gasteiger partial charge is 0.493 e. The van der Waals surface area contributed by atoms with E-state index in [1.165, 1.54) is 13.2 Å². The zero-order valence-electron chi connectivity index (χ0n) is 17.2. The fraction of sp³-hybridized carbons (Fsp3) is 0.227. The maximum absolute atomic E-state index is 12.4. The molecular formula is C22H23N3O5S. The normalized spacial score (nSPS) is 11.3. The van der Waals surface area contributed by atoms with Crippen molar-refractivity contribution >= 4 is 38.9 Å².